The Hall–Kier alpha value is -0.0800. The molecule has 0 spiro atoms. The summed E-state index contributed by atoms with van der Waals surface area (Å²) in [6, 6.07) is 0. The van der Waals surface area contributed by atoms with Gasteiger partial charge in [0.15, 0.2) is 0 Å². The molecular formula is C13H27NO. The Morgan fingerprint density at radius 3 is 2.33 bits per heavy atom. The van der Waals surface area contributed by atoms with Gasteiger partial charge in [-0.15, -0.1) is 0 Å². The molecule has 1 aliphatic carbocycles. The molecule has 0 aromatic heterocycles. The van der Waals surface area contributed by atoms with E-state index >= 15 is 0 Å². The lowest BCUT2D eigenvalue weighted by molar-refractivity contribution is 0.191. The Kier molecular flexibility index (Phi) is 6.26. The zero-order chi connectivity index (χ0) is 11.1. The maximum absolute atomic E-state index is 5.01. The number of hydrogen-bond acceptors (Lipinski definition) is 2. The topological polar surface area (TPSA) is 21.3 Å². The van der Waals surface area contributed by atoms with Gasteiger partial charge < -0.3 is 10.1 Å². The molecule has 0 heterocycles. The summed E-state index contributed by atoms with van der Waals surface area (Å²) < 4.78 is 5.01. The monoisotopic (exact) mass is 213 g/mol. The first-order valence-electron chi connectivity index (χ1n) is 6.42. The van der Waals surface area contributed by atoms with E-state index in [2.05, 4.69) is 19.2 Å². The van der Waals surface area contributed by atoms with Crippen molar-refractivity contribution in [3.8, 4) is 0 Å². The van der Waals surface area contributed by atoms with Crippen molar-refractivity contribution in [2.75, 3.05) is 26.8 Å². The minimum absolute atomic E-state index is 0.831. The first kappa shape index (κ1) is 13.0. The molecule has 1 fully saturated rings. The molecule has 0 aliphatic heterocycles. The third-order valence-electron chi connectivity index (χ3n) is 3.49. The molecular weight excluding hydrogens is 186 g/mol. The van der Waals surface area contributed by atoms with E-state index in [0.717, 1.165) is 37.5 Å². The van der Waals surface area contributed by atoms with Crippen molar-refractivity contribution >= 4 is 0 Å². The minimum atomic E-state index is 0.831. The van der Waals surface area contributed by atoms with Crippen LogP contribution in [0, 0.1) is 17.8 Å². The summed E-state index contributed by atoms with van der Waals surface area (Å²) in [4.78, 5) is 0. The van der Waals surface area contributed by atoms with Crippen LogP contribution >= 0.6 is 0 Å². The van der Waals surface area contributed by atoms with Crippen molar-refractivity contribution in [1.29, 1.82) is 0 Å². The molecule has 2 unspecified atom stereocenters. The van der Waals surface area contributed by atoms with E-state index in [1.807, 2.05) is 0 Å². The van der Waals surface area contributed by atoms with E-state index in [-0.39, 0.29) is 0 Å². The summed E-state index contributed by atoms with van der Waals surface area (Å²) in [5.74, 6) is 2.84. The van der Waals surface area contributed by atoms with Crippen LogP contribution in [0.15, 0.2) is 0 Å². The molecule has 0 saturated heterocycles. The van der Waals surface area contributed by atoms with Crippen molar-refractivity contribution in [3.63, 3.8) is 0 Å². The van der Waals surface area contributed by atoms with Gasteiger partial charge in [0.1, 0.15) is 0 Å². The van der Waals surface area contributed by atoms with Gasteiger partial charge in [0.05, 0.1) is 6.61 Å². The molecule has 0 bridgehead atoms. The van der Waals surface area contributed by atoms with E-state index < -0.39 is 0 Å². The van der Waals surface area contributed by atoms with E-state index in [9.17, 15) is 0 Å². The smallest absolute Gasteiger partial charge is 0.0587 e. The van der Waals surface area contributed by atoms with Crippen molar-refractivity contribution in [2.45, 2.75) is 39.5 Å². The lowest BCUT2D eigenvalue weighted by atomic mass is 9.75. The molecule has 2 atom stereocenters. The predicted octanol–water partition coefficient (Wildman–Crippen LogP) is 2.68. The second-order valence-electron chi connectivity index (χ2n) is 5.31. The van der Waals surface area contributed by atoms with Gasteiger partial charge in [-0.3, -0.25) is 0 Å². The van der Waals surface area contributed by atoms with Gasteiger partial charge in [-0.1, -0.05) is 13.8 Å². The highest BCUT2D eigenvalue weighted by Gasteiger charge is 2.23. The number of methoxy groups -OCH3 is 1. The Morgan fingerprint density at radius 1 is 1.07 bits per heavy atom. The van der Waals surface area contributed by atoms with E-state index in [0.29, 0.717) is 0 Å². The third kappa shape index (κ3) is 5.53. The summed E-state index contributed by atoms with van der Waals surface area (Å²) in [7, 11) is 1.76. The normalized spacial score (nSPS) is 31.8. The standard InChI is InChI=1S/C13H27NO/c1-11-8-12(2)10-13(9-11)4-5-14-6-7-15-3/h11-14H,4-10H2,1-3H3. The number of ether oxygens (including phenoxy) is 1. The maximum Gasteiger partial charge on any atom is 0.0587 e. The summed E-state index contributed by atoms with van der Waals surface area (Å²) >= 11 is 0. The highest BCUT2D eigenvalue weighted by atomic mass is 16.5. The van der Waals surface area contributed by atoms with Crippen molar-refractivity contribution in [1.82, 2.24) is 5.32 Å². The van der Waals surface area contributed by atoms with Crippen LogP contribution in [0.2, 0.25) is 0 Å². The minimum Gasteiger partial charge on any atom is -0.383 e. The number of rotatable bonds is 6. The zero-order valence-corrected chi connectivity index (χ0v) is 10.6. The molecule has 90 valence electrons. The SMILES string of the molecule is COCCNCCC1CC(C)CC(C)C1. The van der Waals surface area contributed by atoms with Crippen LogP contribution in [0.3, 0.4) is 0 Å². The van der Waals surface area contributed by atoms with Gasteiger partial charge in [0, 0.05) is 13.7 Å². The summed E-state index contributed by atoms with van der Waals surface area (Å²) in [5.41, 5.74) is 0. The molecule has 2 heteroatoms. The van der Waals surface area contributed by atoms with Crippen LogP contribution in [0.25, 0.3) is 0 Å². The lowest BCUT2D eigenvalue weighted by Crippen LogP contribution is -2.26. The van der Waals surface area contributed by atoms with Crippen LogP contribution < -0.4 is 5.32 Å². The highest BCUT2D eigenvalue weighted by Crippen LogP contribution is 2.34. The Balaban J connectivity index is 2.04. The fourth-order valence-corrected chi connectivity index (χ4v) is 2.95. The van der Waals surface area contributed by atoms with E-state index in [1.165, 1.54) is 25.7 Å². The molecule has 1 saturated carbocycles. The highest BCUT2D eigenvalue weighted by molar-refractivity contribution is 4.75. The molecule has 0 radical (unpaired) electrons. The Bertz CT molecular complexity index is 151. The van der Waals surface area contributed by atoms with Crippen molar-refractivity contribution in [2.24, 2.45) is 17.8 Å². The van der Waals surface area contributed by atoms with Gasteiger partial charge in [0.2, 0.25) is 0 Å². The fourth-order valence-electron chi connectivity index (χ4n) is 2.95. The van der Waals surface area contributed by atoms with Gasteiger partial charge in [0.25, 0.3) is 0 Å². The first-order chi connectivity index (χ1) is 7.22. The molecule has 1 aliphatic rings. The average molecular weight is 213 g/mol. The summed E-state index contributed by atoms with van der Waals surface area (Å²) in [6.07, 6.45) is 5.67. The summed E-state index contributed by atoms with van der Waals surface area (Å²) in [6.45, 7) is 7.79. The van der Waals surface area contributed by atoms with Gasteiger partial charge in [-0.05, 0) is 50.0 Å². The molecule has 0 amide bonds. The molecule has 0 aromatic rings. The van der Waals surface area contributed by atoms with Crippen molar-refractivity contribution < 1.29 is 4.74 Å². The maximum atomic E-state index is 5.01. The lowest BCUT2D eigenvalue weighted by Gasteiger charge is -2.31. The van der Waals surface area contributed by atoms with Gasteiger partial charge in [-0.2, -0.15) is 0 Å². The predicted molar refractivity (Wildman–Crippen MR) is 65.0 cm³/mol. The molecule has 15 heavy (non-hydrogen) atoms. The van der Waals surface area contributed by atoms with Gasteiger partial charge in [-0.25, -0.2) is 0 Å². The molecule has 1 rings (SSSR count). The van der Waals surface area contributed by atoms with Gasteiger partial charge >= 0.3 is 0 Å². The zero-order valence-electron chi connectivity index (χ0n) is 10.6. The Labute approximate surface area is 94.8 Å². The molecule has 2 nitrogen and oxygen atoms in total. The Morgan fingerprint density at radius 2 is 1.73 bits per heavy atom. The fraction of sp³-hybridized carbons (Fsp3) is 1.00. The quantitative estimate of drug-likeness (QED) is 0.685. The van der Waals surface area contributed by atoms with E-state index in [4.69, 9.17) is 4.74 Å². The second-order valence-corrected chi connectivity index (χ2v) is 5.31. The van der Waals surface area contributed by atoms with Crippen LogP contribution in [0.4, 0.5) is 0 Å². The number of hydrogen-bond donors (Lipinski definition) is 1. The van der Waals surface area contributed by atoms with Crippen LogP contribution in [-0.4, -0.2) is 26.8 Å². The van der Waals surface area contributed by atoms with E-state index in [1.54, 1.807) is 7.11 Å². The average Bonchev–Trinajstić information content (AvgIpc) is 2.16. The first-order valence-corrected chi connectivity index (χ1v) is 6.42. The number of nitrogens with one attached hydrogen (secondary N) is 1. The van der Waals surface area contributed by atoms with Crippen molar-refractivity contribution in [3.05, 3.63) is 0 Å². The largest absolute Gasteiger partial charge is 0.383 e. The molecule has 0 aromatic carbocycles. The molecule has 1 N–H and O–H groups in total. The third-order valence-corrected chi connectivity index (χ3v) is 3.49. The summed E-state index contributed by atoms with van der Waals surface area (Å²) in [5, 5.41) is 3.44. The second kappa shape index (κ2) is 7.24. The van der Waals surface area contributed by atoms with Crippen LogP contribution in [-0.2, 0) is 4.74 Å². The van der Waals surface area contributed by atoms with Crippen LogP contribution in [0.1, 0.15) is 39.5 Å². The van der Waals surface area contributed by atoms with Crippen LogP contribution in [0.5, 0.6) is 0 Å².